The Bertz CT molecular complexity index is 882. The first kappa shape index (κ1) is 19.2. The second kappa shape index (κ2) is 7.68. The highest BCUT2D eigenvalue weighted by molar-refractivity contribution is 6.31. The van der Waals surface area contributed by atoms with Crippen molar-refractivity contribution in [1.82, 2.24) is 19.6 Å². The van der Waals surface area contributed by atoms with Gasteiger partial charge in [-0.05, 0) is 49.4 Å². The van der Waals surface area contributed by atoms with E-state index in [9.17, 15) is 9.59 Å². The SMILES string of the molecule is CC(=O)c1ccn(C(=O)N2C[C@H]3C[C@@H](N(C)Cc4ccccc4Cl)C[C@H]3C2)n1. The summed E-state index contributed by atoms with van der Waals surface area (Å²) < 4.78 is 1.29. The molecule has 4 rings (SSSR count). The minimum atomic E-state index is -0.136. The van der Waals surface area contributed by atoms with E-state index >= 15 is 0 Å². The summed E-state index contributed by atoms with van der Waals surface area (Å²) in [6, 6.07) is 9.96. The Morgan fingerprint density at radius 1 is 1.18 bits per heavy atom. The number of nitrogens with zero attached hydrogens (tertiary/aromatic N) is 4. The zero-order chi connectivity index (χ0) is 19.8. The Morgan fingerprint density at radius 3 is 2.46 bits per heavy atom. The predicted molar refractivity (Wildman–Crippen MR) is 108 cm³/mol. The molecule has 148 valence electrons. The van der Waals surface area contributed by atoms with Crippen molar-refractivity contribution >= 4 is 23.4 Å². The van der Waals surface area contributed by atoms with E-state index in [0.717, 1.165) is 43.1 Å². The molecule has 0 radical (unpaired) electrons. The number of Topliss-reactive ketones (excluding diaryl/α,β-unsaturated/α-hetero) is 1. The minimum absolute atomic E-state index is 0.130. The number of ketones is 1. The van der Waals surface area contributed by atoms with E-state index in [-0.39, 0.29) is 11.8 Å². The van der Waals surface area contributed by atoms with Crippen LogP contribution in [0.15, 0.2) is 36.5 Å². The number of hydrogen-bond donors (Lipinski definition) is 0. The van der Waals surface area contributed by atoms with Gasteiger partial charge in [-0.25, -0.2) is 4.79 Å². The van der Waals surface area contributed by atoms with Crippen LogP contribution in [0.4, 0.5) is 4.79 Å². The average Bonchev–Trinajstić information content (AvgIpc) is 3.37. The summed E-state index contributed by atoms with van der Waals surface area (Å²) in [5.74, 6) is 0.908. The number of carbonyl (C=O) groups excluding carboxylic acids is 2. The lowest BCUT2D eigenvalue weighted by Gasteiger charge is -2.26. The fraction of sp³-hybridized carbons (Fsp3) is 0.476. The Labute approximate surface area is 170 Å². The van der Waals surface area contributed by atoms with Gasteiger partial charge in [0.05, 0.1) is 0 Å². The van der Waals surface area contributed by atoms with Crippen LogP contribution < -0.4 is 0 Å². The Kier molecular flexibility index (Phi) is 5.25. The number of aromatic nitrogens is 2. The number of amides is 1. The van der Waals surface area contributed by atoms with Crippen LogP contribution in [0.1, 0.15) is 35.8 Å². The monoisotopic (exact) mass is 400 g/mol. The number of hydrogen-bond acceptors (Lipinski definition) is 4. The molecule has 7 heteroatoms. The van der Waals surface area contributed by atoms with Crippen molar-refractivity contribution in [2.24, 2.45) is 11.8 Å². The van der Waals surface area contributed by atoms with Gasteiger partial charge in [-0.3, -0.25) is 9.69 Å². The first-order valence-electron chi connectivity index (χ1n) is 9.72. The van der Waals surface area contributed by atoms with E-state index in [2.05, 4.69) is 23.1 Å². The summed E-state index contributed by atoms with van der Waals surface area (Å²) in [6.45, 7) is 3.81. The Hall–Kier alpha value is -2.18. The maximum absolute atomic E-state index is 12.7. The largest absolute Gasteiger partial charge is 0.344 e. The van der Waals surface area contributed by atoms with Gasteiger partial charge < -0.3 is 4.90 Å². The highest BCUT2D eigenvalue weighted by Crippen LogP contribution is 2.40. The lowest BCUT2D eigenvalue weighted by atomic mass is 10.0. The first-order chi connectivity index (χ1) is 13.4. The van der Waals surface area contributed by atoms with Gasteiger partial charge in [0, 0.05) is 43.8 Å². The van der Waals surface area contributed by atoms with Gasteiger partial charge in [0.15, 0.2) is 5.78 Å². The van der Waals surface area contributed by atoms with Gasteiger partial charge in [-0.15, -0.1) is 0 Å². The van der Waals surface area contributed by atoms with Crippen molar-refractivity contribution in [2.75, 3.05) is 20.1 Å². The third kappa shape index (κ3) is 3.71. The molecule has 1 aromatic carbocycles. The van der Waals surface area contributed by atoms with E-state index < -0.39 is 0 Å². The lowest BCUT2D eigenvalue weighted by molar-refractivity contribution is 0.101. The van der Waals surface area contributed by atoms with Crippen molar-refractivity contribution in [3.05, 3.63) is 52.8 Å². The van der Waals surface area contributed by atoms with Crippen molar-refractivity contribution in [3.63, 3.8) is 0 Å². The average molecular weight is 401 g/mol. The third-order valence-electron chi connectivity index (χ3n) is 6.14. The second-order valence-electron chi connectivity index (χ2n) is 8.04. The van der Waals surface area contributed by atoms with Gasteiger partial charge in [-0.1, -0.05) is 29.8 Å². The molecule has 2 heterocycles. The maximum atomic E-state index is 12.7. The van der Waals surface area contributed by atoms with Crippen LogP contribution in [0.5, 0.6) is 0 Å². The lowest BCUT2D eigenvalue weighted by Crippen LogP contribution is -2.36. The van der Waals surface area contributed by atoms with Gasteiger partial charge >= 0.3 is 6.03 Å². The highest BCUT2D eigenvalue weighted by Gasteiger charge is 2.43. The van der Waals surface area contributed by atoms with E-state index in [1.807, 2.05) is 23.1 Å². The Balaban J connectivity index is 1.34. The van der Waals surface area contributed by atoms with Crippen LogP contribution in [-0.2, 0) is 6.54 Å². The van der Waals surface area contributed by atoms with Crippen LogP contribution >= 0.6 is 11.6 Å². The molecule has 1 amide bonds. The number of fused-ring (bicyclic) bond motifs is 1. The van der Waals surface area contributed by atoms with Gasteiger partial charge in [0.2, 0.25) is 0 Å². The summed E-state index contributed by atoms with van der Waals surface area (Å²) in [5.41, 5.74) is 1.48. The van der Waals surface area contributed by atoms with Crippen LogP contribution in [0, 0.1) is 11.8 Å². The normalized spacial score (nSPS) is 24.0. The number of carbonyl (C=O) groups is 2. The molecule has 2 fully saturated rings. The minimum Gasteiger partial charge on any atom is -0.322 e. The highest BCUT2D eigenvalue weighted by atomic mass is 35.5. The molecule has 1 saturated heterocycles. The van der Waals surface area contributed by atoms with Gasteiger partial charge in [0.1, 0.15) is 5.69 Å². The molecule has 6 nitrogen and oxygen atoms in total. The van der Waals surface area contributed by atoms with Crippen molar-refractivity contribution in [1.29, 1.82) is 0 Å². The fourth-order valence-electron chi connectivity index (χ4n) is 4.57. The van der Waals surface area contributed by atoms with Gasteiger partial charge in [0.25, 0.3) is 0 Å². The molecule has 0 spiro atoms. The van der Waals surface area contributed by atoms with Crippen LogP contribution in [0.25, 0.3) is 0 Å². The zero-order valence-corrected chi connectivity index (χ0v) is 17.0. The van der Waals surface area contributed by atoms with Gasteiger partial charge in [-0.2, -0.15) is 9.78 Å². The standard InChI is InChI=1S/C21H25ClN4O2/c1-14(27)20-7-8-26(23-20)21(28)25-12-16-9-18(10-17(16)13-25)24(2)11-15-5-3-4-6-19(15)22/h3-8,16-18H,9-13H2,1-2H3/t16-,17+,18-. The molecule has 3 atom stereocenters. The number of rotatable bonds is 4. The molecule has 2 aliphatic rings. The molecule has 0 unspecified atom stereocenters. The predicted octanol–water partition coefficient (Wildman–Crippen LogP) is 3.55. The fourth-order valence-corrected chi connectivity index (χ4v) is 4.77. The molecule has 2 aromatic rings. The smallest absolute Gasteiger partial charge is 0.322 e. The van der Waals surface area contributed by atoms with E-state index in [1.165, 1.54) is 11.6 Å². The molecule has 1 aliphatic carbocycles. The third-order valence-corrected chi connectivity index (χ3v) is 6.51. The quantitative estimate of drug-likeness (QED) is 0.736. The summed E-state index contributed by atoms with van der Waals surface area (Å²) in [5, 5.41) is 4.92. The summed E-state index contributed by atoms with van der Waals surface area (Å²) in [4.78, 5) is 28.4. The van der Waals surface area contributed by atoms with Crippen LogP contribution in [0.3, 0.4) is 0 Å². The zero-order valence-electron chi connectivity index (χ0n) is 16.2. The van der Waals surface area contributed by atoms with Crippen LogP contribution in [-0.4, -0.2) is 57.6 Å². The van der Waals surface area contributed by atoms with Crippen molar-refractivity contribution in [2.45, 2.75) is 32.4 Å². The summed E-state index contributed by atoms with van der Waals surface area (Å²) >= 11 is 6.30. The van der Waals surface area contributed by atoms with E-state index in [0.29, 0.717) is 23.6 Å². The molecular weight excluding hydrogens is 376 g/mol. The Morgan fingerprint density at radius 2 is 1.86 bits per heavy atom. The summed E-state index contributed by atoms with van der Waals surface area (Å²) in [7, 11) is 2.16. The first-order valence-corrected chi connectivity index (χ1v) is 10.1. The molecular formula is C21H25ClN4O2. The number of likely N-dealkylation sites (tertiary alicyclic amines) is 1. The number of halogens is 1. The van der Waals surface area contributed by atoms with E-state index in [4.69, 9.17) is 11.6 Å². The van der Waals surface area contributed by atoms with Crippen molar-refractivity contribution in [3.8, 4) is 0 Å². The molecule has 28 heavy (non-hydrogen) atoms. The number of benzene rings is 1. The molecule has 1 saturated carbocycles. The van der Waals surface area contributed by atoms with E-state index in [1.54, 1.807) is 12.3 Å². The molecule has 1 aliphatic heterocycles. The maximum Gasteiger partial charge on any atom is 0.344 e. The molecule has 0 bridgehead atoms. The molecule has 1 aromatic heterocycles. The van der Waals surface area contributed by atoms with Crippen LogP contribution in [0.2, 0.25) is 5.02 Å². The topological polar surface area (TPSA) is 58.4 Å². The molecule has 0 N–H and O–H groups in total. The second-order valence-corrected chi connectivity index (χ2v) is 8.45. The summed E-state index contributed by atoms with van der Waals surface area (Å²) in [6.07, 6.45) is 3.76. The van der Waals surface area contributed by atoms with Crippen molar-refractivity contribution < 1.29 is 9.59 Å².